The van der Waals surface area contributed by atoms with Crippen LogP contribution < -0.4 is 0 Å². The van der Waals surface area contributed by atoms with Gasteiger partial charge in [0.05, 0.1) is 5.56 Å². The molecule has 1 N–H and O–H groups in total. The first kappa shape index (κ1) is 11.0. The highest BCUT2D eigenvalue weighted by Gasteiger charge is 1.99. The molecular weight excluding hydrogens is 216 g/mol. The number of nitrogens with zero attached hydrogens (tertiary/aromatic N) is 2. The zero-order chi connectivity index (χ0) is 12.1. The molecular formula is C13H10N2O2. The van der Waals surface area contributed by atoms with Gasteiger partial charge in [-0.1, -0.05) is 18.2 Å². The van der Waals surface area contributed by atoms with Crippen molar-refractivity contribution in [2.75, 3.05) is 0 Å². The minimum absolute atomic E-state index is 0.276. The van der Waals surface area contributed by atoms with Gasteiger partial charge in [-0.25, -0.2) is 14.8 Å². The van der Waals surface area contributed by atoms with Crippen LogP contribution in [0.15, 0.2) is 42.7 Å². The van der Waals surface area contributed by atoms with Gasteiger partial charge in [0.25, 0.3) is 0 Å². The number of hydrogen-bond acceptors (Lipinski definition) is 3. The van der Waals surface area contributed by atoms with E-state index in [1.54, 1.807) is 48.8 Å². The summed E-state index contributed by atoms with van der Waals surface area (Å²) in [4.78, 5) is 18.7. The Bertz CT molecular complexity index is 533. The number of rotatable bonds is 3. The van der Waals surface area contributed by atoms with Gasteiger partial charge in [-0.15, -0.1) is 0 Å². The van der Waals surface area contributed by atoms with Crippen molar-refractivity contribution in [3.63, 3.8) is 0 Å². The molecule has 0 unspecified atom stereocenters. The topological polar surface area (TPSA) is 63.1 Å². The van der Waals surface area contributed by atoms with Crippen LogP contribution in [-0.4, -0.2) is 21.0 Å². The highest BCUT2D eigenvalue weighted by Crippen LogP contribution is 2.07. The fourth-order valence-corrected chi connectivity index (χ4v) is 1.30. The quantitative estimate of drug-likeness (QED) is 0.872. The van der Waals surface area contributed by atoms with Crippen molar-refractivity contribution < 1.29 is 9.90 Å². The molecule has 0 aliphatic carbocycles. The smallest absolute Gasteiger partial charge is 0.335 e. The number of hydrogen-bond donors (Lipinski definition) is 1. The number of benzene rings is 1. The molecule has 0 atom stereocenters. The van der Waals surface area contributed by atoms with Crippen molar-refractivity contribution in [3.8, 4) is 0 Å². The normalized spacial score (nSPS) is 10.6. The fraction of sp³-hybridized carbons (Fsp3) is 0. The molecule has 2 rings (SSSR count). The summed E-state index contributed by atoms with van der Waals surface area (Å²) in [6, 6.07) is 8.35. The molecule has 4 nitrogen and oxygen atoms in total. The second-order valence-corrected chi connectivity index (χ2v) is 3.37. The Hall–Kier alpha value is -2.49. The Morgan fingerprint density at radius 2 is 1.71 bits per heavy atom. The van der Waals surface area contributed by atoms with Gasteiger partial charge in [-0.05, 0) is 29.8 Å². The van der Waals surface area contributed by atoms with E-state index in [-0.39, 0.29) is 5.56 Å². The first-order valence-corrected chi connectivity index (χ1v) is 5.04. The van der Waals surface area contributed by atoms with E-state index in [0.717, 1.165) is 5.56 Å². The molecule has 17 heavy (non-hydrogen) atoms. The summed E-state index contributed by atoms with van der Waals surface area (Å²) in [5.41, 5.74) is 1.18. The van der Waals surface area contributed by atoms with E-state index in [1.165, 1.54) is 0 Å². The molecule has 0 aliphatic heterocycles. The highest BCUT2D eigenvalue weighted by molar-refractivity contribution is 5.87. The average Bonchev–Trinajstić information content (AvgIpc) is 2.38. The molecule has 1 aromatic heterocycles. The summed E-state index contributed by atoms with van der Waals surface area (Å²) >= 11 is 0. The summed E-state index contributed by atoms with van der Waals surface area (Å²) in [6.07, 6.45) is 6.94. The van der Waals surface area contributed by atoms with Crippen LogP contribution in [0.1, 0.15) is 21.7 Å². The minimum Gasteiger partial charge on any atom is -0.478 e. The van der Waals surface area contributed by atoms with Crippen molar-refractivity contribution in [2.45, 2.75) is 0 Å². The van der Waals surface area contributed by atoms with Crippen molar-refractivity contribution in [2.24, 2.45) is 0 Å². The fourth-order valence-electron chi connectivity index (χ4n) is 1.30. The molecule has 0 spiro atoms. The maximum absolute atomic E-state index is 10.7. The summed E-state index contributed by atoms with van der Waals surface area (Å²) in [5.74, 6) is -0.304. The molecule has 84 valence electrons. The van der Waals surface area contributed by atoms with Crippen LogP contribution in [0.4, 0.5) is 0 Å². The van der Waals surface area contributed by atoms with Gasteiger partial charge in [-0.2, -0.15) is 0 Å². The highest BCUT2D eigenvalue weighted by atomic mass is 16.4. The molecule has 0 saturated heterocycles. The third-order valence-electron chi connectivity index (χ3n) is 2.17. The van der Waals surface area contributed by atoms with Crippen molar-refractivity contribution in [1.82, 2.24) is 9.97 Å². The van der Waals surface area contributed by atoms with Crippen molar-refractivity contribution in [3.05, 3.63) is 59.7 Å². The van der Waals surface area contributed by atoms with Gasteiger partial charge in [-0.3, -0.25) is 0 Å². The standard InChI is InChI=1S/C13H10N2O2/c16-13(17)11-5-2-10(3-6-11)4-7-12-14-8-1-9-15-12/h1-9H,(H,16,17)/b7-4+. The third-order valence-corrected chi connectivity index (χ3v) is 2.17. The maximum Gasteiger partial charge on any atom is 0.335 e. The van der Waals surface area contributed by atoms with E-state index in [4.69, 9.17) is 5.11 Å². The Morgan fingerprint density at radius 3 is 2.29 bits per heavy atom. The van der Waals surface area contributed by atoms with E-state index in [1.807, 2.05) is 6.08 Å². The van der Waals surface area contributed by atoms with Crippen molar-refractivity contribution in [1.29, 1.82) is 0 Å². The third kappa shape index (κ3) is 2.98. The predicted octanol–water partition coefficient (Wildman–Crippen LogP) is 2.35. The average molecular weight is 226 g/mol. The van der Waals surface area contributed by atoms with Crippen molar-refractivity contribution >= 4 is 18.1 Å². The van der Waals surface area contributed by atoms with E-state index in [0.29, 0.717) is 5.82 Å². The van der Waals surface area contributed by atoms with Crippen LogP contribution in [0.5, 0.6) is 0 Å². The second kappa shape index (κ2) is 5.03. The molecule has 4 heteroatoms. The summed E-state index contributed by atoms with van der Waals surface area (Å²) in [6.45, 7) is 0. The van der Waals surface area contributed by atoms with Crippen LogP contribution >= 0.6 is 0 Å². The lowest BCUT2D eigenvalue weighted by atomic mass is 10.1. The molecule has 1 heterocycles. The lowest BCUT2D eigenvalue weighted by Crippen LogP contribution is -1.94. The monoisotopic (exact) mass is 226 g/mol. The van der Waals surface area contributed by atoms with Gasteiger partial charge in [0, 0.05) is 12.4 Å². The Balaban J connectivity index is 2.14. The second-order valence-electron chi connectivity index (χ2n) is 3.37. The Kier molecular flexibility index (Phi) is 3.25. The summed E-state index contributed by atoms with van der Waals surface area (Å²) < 4.78 is 0. The van der Waals surface area contributed by atoms with Crippen LogP contribution in [0.3, 0.4) is 0 Å². The largest absolute Gasteiger partial charge is 0.478 e. The Labute approximate surface area is 98.3 Å². The molecule has 0 bridgehead atoms. The first-order chi connectivity index (χ1) is 8.25. The van der Waals surface area contributed by atoms with Gasteiger partial charge in [0.15, 0.2) is 5.82 Å². The van der Waals surface area contributed by atoms with E-state index >= 15 is 0 Å². The first-order valence-electron chi connectivity index (χ1n) is 5.04. The van der Waals surface area contributed by atoms with Crippen LogP contribution in [-0.2, 0) is 0 Å². The van der Waals surface area contributed by atoms with Gasteiger partial charge >= 0.3 is 5.97 Å². The number of aromatic carboxylic acids is 1. The van der Waals surface area contributed by atoms with E-state index < -0.39 is 5.97 Å². The minimum atomic E-state index is -0.924. The van der Waals surface area contributed by atoms with Gasteiger partial charge in [0.1, 0.15) is 0 Å². The lowest BCUT2D eigenvalue weighted by Gasteiger charge is -1.95. The number of carboxylic acid groups (broad SMARTS) is 1. The summed E-state index contributed by atoms with van der Waals surface area (Å²) in [5, 5.41) is 8.75. The molecule has 0 fully saturated rings. The molecule has 0 amide bonds. The molecule has 1 aromatic carbocycles. The van der Waals surface area contributed by atoms with E-state index in [9.17, 15) is 4.79 Å². The predicted molar refractivity (Wildman–Crippen MR) is 64.4 cm³/mol. The Morgan fingerprint density at radius 1 is 1.06 bits per heavy atom. The van der Waals surface area contributed by atoms with Gasteiger partial charge in [0.2, 0.25) is 0 Å². The molecule has 0 saturated carbocycles. The van der Waals surface area contributed by atoms with Gasteiger partial charge < -0.3 is 5.11 Å². The summed E-state index contributed by atoms with van der Waals surface area (Å²) in [7, 11) is 0. The lowest BCUT2D eigenvalue weighted by molar-refractivity contribution is 0.0697. The molecule has 0 aliphatic rings. The van der Waals surface area contributed by atoms with Crippen LogP contribution in [0.25, 0.3) is 12.2 Å². The van der Waals surface area contributed by atoms with E-state index in [2.05, 4.69) is 9.97 Å². The van der Waals surface area contributed by atoms with Crippen LogP contribution in [0.2, 0.25) is 0 Å². The number of carboxylic acids is 1. The molecule has 0 radical (unpaired) electrons. The van der Waals surface area contributed by atoms with Crippen LogP contribution in [0, 0.1) is 0 Å². The zero-order valence-corrected chi connectivity index (χ0v) is 8.95. The zero-order valence-electron chi connectivity index (χ0n) is 8.95. The number of aromatic nitrogens is 2. The number of carbonyl (C=O) groups is 1. The SMILES string of the molecule is O=C(O)c1ccc(/C=C/c2ncccn2)cc1. The molecule has 2 aromatic rings. The maximum atomic E-state index is 10.7.